The van der Waals surface area contributed by atoms with Crippen LogP contribution in [0.5, 0.6) is 11.5 Å². The molecule has 0 spiro atoms. The zero-order chi connectivity index (χ0) is 19.4. The molecule has 5 nitrogen and oxygen atoms in total. The molecule has 0 aliphatic rings. The number of halogens is 3. The van der Waals surface area contributed by atoms with Crippen molar-refractivity contribution < 1.29 is 27.4 Å². The van der Waals surface area contributed by atoms with E-state index in [0.717, 1.165) is 6.07 Å². The maximum Gasteiger partial charge on any atom is 0.419 e. The van der Waals surface area contributed by atoms with Gasteiger partial charge in [0.15, 0.2) is 6.20 Å². The van der Waals surface area contributed by atoms with Gasteiger partial charge in [0.25, 0.3) is 5.69 Å². The number of anilines is 1. The normalized spacial score (nSPS) is 11.1. The number of para-hydroxylation sites is 1. The SMILES string of the molecule is O=C(Nc1ccc(Oc2ccccc2C(F)(F)F)cc1)c1cccc[n+]1[O-]. The van der Waals surface area contributed by atoms with Crippen LogP contribution in [0.1, 0.15) is 16.1 Å². The Morgan fingerprint density at radius 3 is 2.30 bits per heavy atom. The Kier molecular flexibility index (Phi) is 4.98. The predicted molar refractivity (Wildman–Crippen MR) is 91.3 cm³/mol. The Morgan fingerprint density at radius 2 is 1.63 bits per heavy atom. The van der Waals surface area contributed by atoms with E-state index >= 15 is 0 Å². The molecule has 0 bridgehead atoms. The molecule has 8 heteroatoms. The van der Waals surface area contributed by atoms with Crippen molar-refractivity contribution in [2.45, 2.75) is 6.18 Å². The molecule has 1 amide bonds. The Balaban J connectivity index is 1.73. The molecule has 138 valence electrons. The number of nitrogens with zero attached hydrogens (tertiary/aromatic N) is 1. The first kappa shape index (κ1) is 18.2. The molecule has 0 aliphatic heterocycles. The van der Waals surface area contributed by atoms with Crippen molar-refractivity contribution in [2.24, 2.45) is 0 Å². The Labute approximate surface area is 152 Å². The smallest absolute Gasteiger partial charge is 0.419 e. The van der Waals surface area contributed by atoms with Crippen LogP contribution >= 0.6 is 0 Å². The van der Waals surface area contributed by atoms with Gasteiger partial charge in [-0.05, 0) is 42.5 Å². The lowest BCUT2D eigenvalue weighted by atomic mass is 10.2. The standard InChI is InChI=1S/C19H13F3N2O3/c20-19(21,22)15-5-1-2-7-17(15)27-14-10-8-13(9-11-14)23-18(25)16-6-3-4-12-24(16)26/h1-12H,(H,23,25). The fraction of sp³-hybridized carbons (Fsp3) is 0.0526. The van der Waals surface area contributed by atoms with Gasteiger partial charge in [-0.1, -0.05) is 12.1 Å². The predicted octanol–water partition coefficient (Wildman–Crippen LogP) is 4.38. The highest BCUT2D eigenvalue weighted by molar-refractivity contribution is 6.01. The molecule has 0 radical (unpaired) electrons. The van der Waals surface area contributed by atoms with Crippen molar-refractivity contribution in [3.05, 3.63) is 89.4 Å². The molecule has 0 aliphatic carbocycles. The van der Waals surface area contributed by atoms with Crippen LogP contribution in [0.15, 0.2) is 72.9 Å². The number of carbonyl (C=O) groups is 1. The van der Waals surface area contributed by atoms with Crippen molar-refractivity contribution in [1.29, 1.82) is 0 Å². The van der Waals surface area contributed by atoms with E-state index in [1.165, 1.54) is 60.8 Å². The number of aromatic nitrogens is 1. The Bertz CT molecular complexity index is 957. The van der Waals surface area contributed by atoms with Crippen molar-refractivity contribution in [1.82, 2.24) is 0 Å². The van der Waals surface area contributed by atoms with Gasteiger partial charge in [0.2, 0.25) is 0 Å². The van der Waals surface area contributed by atoms with Crippen LogP contribution in [0.2, 0.25) is 0 Å². The van der Waals surface area contributed by atoms with Crippen LogP contribution in [0.4, 0.5) is 18.9 Å². The largest absolute Gasteiger partial charge is 0.618 e. The third-order valence-corrected chi connectivity index (χ3v) is 3.59. The quantitative estimate of drug-likeness (QED) is 0.544. The molecule has 3 rings (SSSR count). The highest BCUT2D eigenvalue weighted by Crippen LogP contribution is 2.37. The maximum absolute atomic E-state index is 13.0. The minimum atomic E-state index is -4.53. The third kappa shape index (κ3) is 4.35. The minimum absolute atomic E-state index is 0.0862. The van der Waals surface area contributed by atoms with Gasteiger partial charge < -0.3 is 15.3 Å². The van der Waals surface area contributed by atoms with Gasteiger partial charge >= 0.3 is 12.1 Å². The molecule has 0 unspecified atom stereocenters. The van der Waals surface area contributed by atoms with Gasteiger partial charge in [0, 0.05) is 17.8 Å². The fourth-order valence-corrected chi connectivity index (χ4v) is 2.32. The van der Waals surface area contributed by atoms with E-state index in [0.29, 0.717) is 10.4 Å². The second kappa shape index (κ2) is 7.36. The molecular formula is C19H13F3N2O3. The number of amides is 1. The summed E-state index contributed by atoms with van der Waals surface area (Å²) in [6.45, 7) is 0. The molecule has 0 atom stereocenters. The summed E-state index contributed by atoms with van der Waals surface area (Å²) in [6, 6.07) is 15.0. The van der Waals surface area contributed by atoms with Gasteiger partial charge in [-0.3, -0.25) is 4.79 Å². The van der Waals surface area contributed by atoms with Crippen LogP contribution in [0.25, 0.3) is 0 Å². The lowest BCUT2D eigenvalue weighted by Gasteiger charge is -2.13. The Hall–Kier alpha value is -3.55. The average Bonchev–Trinajstić information content (AvgIpc) is 2.63. The van der Waals surface area contributed by atoms with E-state index in [1.54, 1.807) is 6.07 Å². The Morgan fingerprint density at radius 1 is 0.963 bits per heavy atom. The van der Waals surface area contributed by atoms with Gasteiger partial charge in [0.05, 0.1) is 5.56 Å². The van der Waals surface area contributed by atoms with Gasteiger partial charge in [0.1, 0.15) is 11.5 Å². The number of pyridine rings is 1. The van der Waals surface area contributed by atoms with Gasteiger partial charge in [-0.25, -0.2) is 0 Å². The monoisotopic (exact) mass is 374 g/mol. The molecule has 1 heterocycles. The highest BCUT2D eigenvalue weighted by atomic mass is 19.4. The number of benzene rings is 2. The maximum atomic E-state index is 13.0. The number of ether oxygens (including phenoxy) is 1. The lowest BCUT2D eigenvalue weighted by molar-refractivity contribution is -0.607. The molecule has 2 aromatic carbocycles. The van der Waals surface area contributed by atoms with Crippen LogP contribution in [0.3, 0.4) is 0 Å². The molecule has 27 heavy (non-hydrogen) atoms. The number of nitrogens with one attached hydrogen (secondary N) is 1. The number of alkyl halides is 3. The second-order valence-electron chi connectivity index (χ2n) is 5.49. The summed E-state index contributed by atoms with van der Waals surface area (Å²) in [7, 11) is 0. The highest BCUT2D eigenvalue weighted by Gasteiger charge is 2.34. The first-order valence-corrected chi connectivity index (χ1v) is 7.78. The zero-order valence-electron chi connectivity index (χ0n) is 13.7. The molecule has 0 saturated heterocycles. The lowest BCUT2D eigenvalue weighted by Crippen LogP contribution is -2.36. The van der Waals surface area contributed by atoms with Crippen LogP contribution in [0, 0.1) is 5.21 Å². The third-order valence-electron chi connectivity index (χ3n) is 3.59. The molecule has 0 fully saturated rings. The van der Waals surface area contributed by atoms with Crippen molar-refractivity contribution >= 4 is 11.6 Å². The summed E-state index contributed by atoms with van der Waals surface area (Å²) in [4.78, 5) is 12.1. The first-order valence-electron chi connectivity index (χ1n) is 7.78. The summed E-state index contributed by atoms with van der Waals surface area (Å²) in [5.41, 5.74) is -0.608. The summed E-state index contributed by atoms with van der Waals surface area (Å²) in [5.74, 6) is -0.761. The van der Waals surface area contributed by atoms with Crippen molar-refractivity contribution in [2.75, 3.05) is 5.32 Å². The molecule has 1 aromatic heterocycles. The van der Waals surface area contributed by atoms with E-state index in [-0.39, 0.29) is 17.2 Å². The number of carbonyl (C=O) groups excluding carboxylic acids is 1. The topological polar surface area (TPSA) is 65.3 Å². The molecule has 0 saturated carbocycles. The molecule has 1 N–H and O–H groups in total. The first-order chi connectivity index (χ1) is 12.8. The number of hydrogen-bond donors (Lipinski definition) is 1. The van der Waals surface area contributed by atoms with E-state index in [1.807, 2.05) is 0 Å². The van der Waals surface area contributed by atoms with E-state index < -0.39 is 17.6 Å². The average molecular weight is 374 g/mol. The zero-order valence-corrected chi connectivity index (χ0v) is 13.7. The summed E-state index contributed by atoms with van der Waals surface area (Å²) in [5, 5.41) is 14.1. The van der Waals surface area contributed by atoms with E-state index in [4.69, 9.17) is 4.74 Å². The van der Waals surface area contributed by atoms with Crippen LogP contribution in [-0.2, 0) is 6.18 Å². The minimum Gasteiger partial charge on any atom is -0.618 e. The second-order valence-corrected chi connectivity index (χ2v) is 5.49. The number of hydrogen-bond acceptors (Lipinski definition) is 3. The van der Waals surface area contributed by atoms with Crippen LogP contribution < -0.4 is 14.8 Å². The summed E-state index contributed by atoms with van der Waals surface area (Å²) in [6.07, 6.45) is -3.34. The molecule has 3 aromatic rings. The number of rotatable bonds is 4. The van der Waals surface area contributed by atoms with E-state index in [2.05, 4.69) is 5.32 Å². The summed E-state index contributed by atoms with van der Waals surface area (Å²) >= 11 is 0. The fourth-order valence-electron chi connectivity index (χ4n) is 2.32. The molecular weight excluding hydrogens is 361 g/mol. The van der Waals surface area contributed by atoms with Crippen molar-refractivity contribution in [3.63, 3.8) is 0 Å². The van der Waals surface area contributed by atoms with Crippen LogP contribution in [-0.4, -0.2) is 5.91 Å². The van der Waals surface area contributed by atoms with Gasteiger partial charge in [-0.2, -0.15) is 17.9 Å². The van der Waals surface area contributed by atoms with E-state index in [9.17, 15) is 23.2 Å². The van der Waals surface area contributed by atoms with Crippen molar-refractivity contribution in [3.8, 4) is 11.5 Å². The van der Waals surface area contributed by atoms with Gasteiger partial charge in [-0.15, -0.1) is 0 Å². The summed E-state index contributed by atoms with van der Waals surface area (Å²) < 4.78 is 44.7.